The van der Waals surface area contributed by atoms with E-state index in [-0.39, 0.29) is 5.91 Å². The zero-order valence-corrected chi connectivity index (χ0v) is 15.6. The number of benzene rings is 2. The third-order valence-electron chi connectivity index (χ3n) is 4.04. The summed E-state index contributed by atoms with van der Waals surface area (Å²) >= 11 is 6.20. The van der Waals surface area contributed by atoms with Crippen LogP contribution in [0, 0.1) is 0 Å². The molecular weight excluding hydrogens is 336 g/mol. The summed E-state index contributed by atoms with van der Waals surface area (Å²) in [5, 5.41) is 3.71. The van der Waals surface area contributed by atoms with E-state index in [0.29, 0.717) is 19.6 Å². The monoisotopic (exact) mass is 360 g/mol. The molecule has 0 unspecified atom stereocenters. The van der Waals surface area contributed by atoms with Gasteiger partial charge >= 0.3 is 0 Å². The molecule has 0 aliphatic rings. The lowest BCUT2D eigenvalue weighted by Gasteiger charge is -2.20. The van der Waals surface area contributed by atoms with Crippen LogP contribution in [0.15, 0.2) is 48.5 Å². The van der Waals surface area contributed by atoms with Gasteiger partial charge in [0.15, 0.2) is 0 Å². The van der Waals surface area contributed by atoms with Crippen LogP contribution in [0.2, 0.25) is 5.02 Å². The first kappa shape index (κ1) is 19.3. The summed E-state index contributed by atoms with van der Waals surface area (Å²) in [4.78, 5) is 14.3. The second-order valence-electron chi connectivity index (χ2n) is 5.85. The van der Waals surface area contributed by atoms with E-state index in [1.807, 2.05) is 55.5 Å². The molecule has 2 rings (SSSR count). The number of hydrogen-bond acceptors (Lipinski definition) is 3. The van der Waals surface area contributed by atoms with E-state index in [1.165, 1.54) is 0 Å². The summed E-state index contributed by atoms with van der Waals surface area (Å²) in [6, 6.07) is 15.6. The van der Waals surface area contributed by atoms with Gasteiger partial charge in [-0.2, -0.15) is 0 Å². The van der Waals surface area contributed by atoms with E-state index >= 15 is 0 Å². The van der Waals surface area contributed by atoms with Gasteiger partial charge < -0.3 is 10.1 Å². The number of ether oxygens (including phenoxy) is 1. The normalized spacial score (nSPS) is 10.7. The van der Waals surface area contributed by atoms with Crippen molar-refractivity contribution in [2.45, 2.75) is 19.9 Å². The third-order valence-corrected chi connectivity index (χ3v) is 4.40. The molecule has 1 N–H and O–H groups in total. The summed E-state index contributed by atoms with van der Waals surface area (Å²) in [5.74, 6) is 0.859. The van der Waals surface area contributed by atoms with Crippen molar-refractivity contribution in [3.05, 3.63) is 64.7 Å². The van der Waals surface area contributed by atoms with Gasteiger partial charge in [-0.15, -0.1) is 0 Å². The molecule has 0 heterocycles. The van der Waals surface area contributed by atoms with Crippen LogP contribution in [-0.4, -0.2) is 37.6 Å². The first-order valence-corrected chi connectivity index (χ1v) is 8.85. The summed E-state index contributed by atoms with van der Waals surface area (Å²) in [6.45, 7) is 4.46. The Kier molecular flexibility index (Phi) is 7.76. The lowest BCUT2D eigenvalue weighted by atomic mass is 10.1. The van der Waals surface area contributed by atoms with Crippen molar-refractivity contribution in [2.24, 2.45) is 0 Å². The molecule has 0 aliphatic carbocycles. The van der Waals surface area contributed by atoms with Crippen LogP contribution in [0.4, 0.5) is 0 Å². The lowest BCUT2D eigenvalue weighted by molar-refractivity contribution is -0.122. The summed E-state index contributed by atoms with van der Waals surface area (Å²) in [5.41, 5.74) is 2.18. The molecule has 0 saturated carbocycles. The molecule has 2 aromatic rings. The van der Waals surface area contributed by atoms with Crippen LogP contribution in [0.3, 0.4) is 0 Å². The molecular formula is C20H25ClN2O2. The minimum Gasteiger partial charge on any atom is -0.497 e. The molecule has 0 spiro atoms. The number of rotatable bonds is 9. The summed E-state index contributed by atoms with van der Waals surface area (Å²) in [6.07, 6.45) is 0.777. The number of hydrogen-bond donors (Lipinski definition) is 1. The van der Waals surface area contributed by atoms with Gasteiger partial charge in [-0.3, -0.25) is 9.69 Å². The Hall–Kier alpha value is -2.04. The average Bonchev–Trinajstić information content (AvgIpc) is 2.63. The predicted molar refractivity (Wildman–Crippen MR) is 102 cm³/mol. The summed E-state index contributed by atoms with van der Waals surface area (Å²) in [7, 11) is 1.65. The largest absolute Gasteiger partial charge is 0.497 e. The van der Waals surface area contributed by atoms with E-state index in [9.17, 15) is 4.79 Å². The van der Waals surface area contributed by atoms with Crippen molar-refractivity contribution in [1.82, 2.24) is 10.2 Å². The van der Waals surface area contributed by atoms with Gasteiger partial charge in [0.1, 0.15) is 5.75 Å². The fourth-order valence-corrected chi connectivity index (χ4v) is 2.78. The molecule has 0 aliphatic heterocycles. The van der Waals surface area contributed by atoms with Crippen molar-refractivity contribution in [3.8, 4) is 5.75 Å². The first-order chi connectivity index (χ1) is 12.1. The molecule has 25 heavy (non-hydrogen) atoms. The number of nitrogens with one attached hydrogen (secondary N) is 1. The van der Waals surface area contributed by atoms with E-state index < -0.39 is 0 Å². The van der Waals surface area contributed by atoms with Crippen molar-refractivity contribution < 1.29 is 9.53 Å². The van der Waals surface area contributed by atoms with Crippen molar-refractivity contribution in [2.75, 3.05) is 26.7 Å². The van der Waals surface area contributed by atoms with Gasteiger partial charge in [-0.1, -0.05) is 48.9 Å². The minimum absolute atomic E-state index is 0.0248. The Balaban J connectivity index is 1.78. The molecule has 2 aromatic carbocycles. The maximum absolute atomic E-state index is 12.2. The molecule has 0 radical (unpaired) electrons. The molecule has 4 nitrogen and oxygen atoms in total. The van der Waals surface area contributed by atoms with Gasteiger partial charge in [0.05, 0.1) is 13.7 Å². The molecule has 0 saturated heterocycles. The van der Waals surface area contributed by atoms with Crippen molar-refractivity contribution >= 4 is 17.5 Å². The fraction of sp³-hybridized carbons (Fsp3) is 0.350. The number of carbonyl (C=O) groups excluding carboxylic acids is 1. The molecule has 1 amide bonds. The number of amides is 1. The smallest absolute Gasteiger partial charge is 0.234 e. The molecule has 0 bridgehead atoms. The Morgan fingerprint density at radius 3 is 2.72 bits per heavy atom. The average molecular weight is 361 g/mol. The topological polar surface area (TPSA) is 41.6 Å². The standard InChI is InChI=1S/C20H25ClN2O2/c1-3-23(14-17-8-4-5-10-19(17)21)15-20(24)22-12-11-16-7-6-9-18(13-16)25-2/h4-10,13H,3,11-12,14-15H2,1-2H3,(H,22,24). The zero-order chi connectivity index (χ0) is 18.1. The fourth-order valence-electron chi connectivity index (χ4n) is 2.58. The van der Waals surface area contributed by atoms with Gasteiger partial charge in [0, 0.05) is 18.1 Å². The SMILES string of the molecule is CCN(CC(=O)NCCc1cccc(OC)c1)Cc1ccccc1Cl. The highest BCUT2D eigenvalue weighted by molar-refractivity contribution is 6.31. The number of methoxy groups -OCH3 is 1. The van der Waals surface area contributed by atoms with Crippen LogP contribution in [0.5, 0.6) is 5.75 Å². The van der Waals surface area contributed by atoms with Gasteiger partial charge in [0.25, 0.3) is 0 Å². The quantitative estimate of drug-likeness (QED) is 0.743. The lowest BCUT2D eigenvalue weighted by Crippen LogP contribution is -2.37. The number of nitrogens with zero attached hydrogens (tertiary/aromatic N) is 1. The second-order valence-corrected chi connectivity index (χ2v) is 6.25. The molecule has 0 atom stereocenters. The van der Waals surface area contributed by atoms with E-state index in [2.05, 4.69) is 10.2 Å². The maximum atomic E-state index is 12.2. The minimum atomic E-state index is 0.0248. The van der Waals surface area contributed by atoms with E-state index in [1.54, 1.807) is 7.11 Å². The van der Waals surface area contributed by atoms with Crippen LogP contribution >= 0.6 is 11.6 Å². The van der Waals surface area contributed by atoms with Crippen LogP contribution < -0.4 is 10.1 Å². The van der Waals surface area contributed by atoms with Crippen LogP contribution in [0.1, 0.15) is 18.1 Å². The second kappa shape index (κ2) is 10.1. The van der Waals surface area contributed by atoms with Gasteiger partial charge in [-0.25, -0.2) is 0 Å². The maximum Gasteiger partial charge on any atom is 0.234 e. The van der Waals surface area contributed by atoms with Crippen LogP contribution in [0.25, 0.3) is 0 Å². The Morgan fingerprint density at radius 1 is 1.20 bits per heavy atom. The predicted octanol–water partition coefficient (Wildman–Crippen LogP) is 3.53. The van der Waals surface area contributed by atoms with Crippen molar-refractivity contribution in [1.29, 1.82) is 0 Å². The Morgan fingerprint density at radius 2 is 2.00 bits per heavy atom. The molecule has 5 heteroatoms. The number of carbonyl (C=O) groups is 1. The van der Waals surface area contributed by atoms with Crippen LogP contribution in [-0.2, 0) is 17.8 Å². The van der Waals surface area contributed by atoms with Crippen molar-refractivity contribution in [3.63, 3.8) is 0 Å². The van der Waals surface area contributed by atoms with Gasteiger partial charge in [0.2, 0.25) is 5.91 Å². The van der Waals surface area contributed by atoms with Gasteiger partial charge in [-0.05, 0) is 42.3 Å². The highest BCUT2D eigenvalue weighted by atomic mass is 35.5. The highest BCUT2D eigenvalue weighted by Crippen LogP contribution is 2.16. The molecule has 134 valence electrons. The highest BCUT2D eigenvalue weighted by Gasteiger charge is 2.11. The van der Waals surface area contributed by atoms with E-state index in [4.69, 9.17) is 16.3 Å². The Bertz CT molecular complexity index is 691. The number of likely N-dealkylation sites (N-methyl/N-ethyl adjacent to an activating group) is 1. The zero-order valence-electron chi connectivity index (χ0n) is 14.8. The first-order valence-electron chi connectivity index (χ1n) is 8.47. The summed E-state index contributed by atoms with van der Waals surface area (Å²) < 4.78 is 5.21. The van der Waals surface area contributed by atoms with E-state index in [0.717, 1.165) is 34.9 Å². The number of halogens is 1. The Labute approximate surface area is 154 Å². The molecule has 0 aromatic heterocycles. The third kappa shape index (κ3) is 6.40. The molecule has 0 fully saturated rings.